The van der Waals surface area contributed by atoms with Crippen LogP contribution in [0, 0.1) is 5.92 Å². The van der Waals surface area contributed by atoms with Gasteiger partial charge in [0.15, 0.2) is 5.76 Å². The van der Waals surface area contributed by atoms with Gasteiger partial charge in [-0.1, -0.05) is 74.5 Å². The summed E-state index contributed by atoms with van der Waals surface area (Å²) in [7, 11) is 1.24. The van der Waals surface area contributed by atoms with Gasteiger partial charge in [0.1, 0.15) is 12.0 Å². The van der Waals surface area contributed by atoms with Crippen LogP contribution in [0.1, 0.15) is 37.3 Å². The van der Waals surface area contributed by atoms with E-state index in [1.54, 1.807) is 60.7 Å². The minimum absolute atomic E-state index is 0.0972. The Morgan fingerprint density at radius 1 is 1.00 bits per heavy atom. The molecule has 1 saturated heterocycles. The van der Waals surface area contributed by atoms with Gasteiger partial charge in [-0.05, 0) is 23.5 Å². The van der Waals surface area contributed by atoms with E-state index >= 15 is 0 Å². The van der Waals surface area contributed by atoms with Gasteiger partial charge in [0.25, 0.3) is 5.91 Å². The maximum atomic E-state index is 13.3. The average Bonchev–Trinajstić information content (AvgIpc) is 3.07. The second kappa shape index (κ2) is 10.0. The number of nitrogens with one attached hydrogen (secondary N) is 1. The first-order chi connectivity index (χ1) is 15.3. The lowest BCUT2D eigenvalue weighted by Crippen LogP contribution is -2.43. The zero-order valence-corrected chi connectivity index (χ0v) is 18.2. The van der Waals surface area contributed by atoms with Gasteiger partial charge < -0.3 is 14.8 Å². The minimum atomic E-state index is -1.15. The van der Waals surface area contributed by atoms with E-state index in [1.165, 1.54) is 7.11 Å². The molecule has 0 saturated carbocycles. The van der Waals surface area contributed by atoms with Crippen LogP contribution in [0.25, 0.3) is 5.57 Å². The SMILES string of the molecule is COC(=O)[C@H](CC(C)C)NC(=O)C(=C1OC(=O)[C@@H](c2ccccc2)C1=O)c1ccccc1. The Morgan fingerprint density at radius 2 is 1.59 bits per heavy atom. The number of amides is 1. The van der Waals surface area contributed by atoms with Gasteiger partial charge in [0, 0.05) is 0 Å². The normalized spacial score (nSPS) is 18.2. The average molecular weight is 435 g/mol. The Bertz CT molecular complexity index is 1040. The maximum absolute atomic E-state index is 13.3. The Kier molecular flexibility index (Phi) is 7.20. The molecule has 32 heavy (non-hydrogen) atoms. The summed E-state index contributed by atoms with van der Waals surface area (Å²) in [5.74, 6) is -4.03. The van der Waals surface area contributed by atoms with Crippen LogP contribution in [-0.4, -0.2) is 36.8 Å². The third-order valence-electron chi connectivity index (χ3n) is 5.07. The minimum Gasteiger partial charge on any atom is -0.467 e. The zero-order chi connectivity index (χ0) is 23.3. The molecule has 7 heteroatoms. The van der Waals surface area contributed by atoms with Crippen molar-refractivity contribution in [2.75, 3.05) is 7.11 Å². The Labute approximate surface area is 186 Å². The highest BCUT2D eigenvalue weighted by Gasteiger charge is 2.44. The molecule has 2 atom stereocenters. The van der Waals surface area contributed by atoms with E-state index in [9.17, 15) is 19.2 Å². The number of Topliss-reactive ketones (excluding diaryl/α,β-unsaturated/α-hetero) is 1. The van der Waals surface area contributed by atoms with Crippen LogP contribution >= 0.6 is 0 Å². The number of allylic oxidation sites excluding steroid dienone is 1. The van der Waals surface area contributed by atoms with E-state index in [0.29, 0.717) is 17.5 Å². The lowest BCUT2D eigenvalue weighted by Gasteiger charge is -2.19. The quantitative estimate of drug-likeness (QED) is 0.408. The number of carbonyl (C=O) groups excluding carboxylic acids is 4. The van der Waals surface area contributed by atoms with Crippen LogP contribution in [0.5, 0.6) is 0 Å². The van der Waals surface area contributed by atoms with Crippen molar-refractivity contribution in [3.8, 4) is 0 Å². The smallest absolute Gasteiger partial charge is 0.328 e. The fourth-order valence-electron chi connectivity index (χ4n) is 3.58. The zero-order valence-electron chi connectivity index (χ0n) is 18.2. The van der Waals surface area contributed by atoms with E-state index in [4.69, 9.17) is 9.47 Å². The van der Waals surface area contributed by atoms with E-state index in [-0.39, 0.29) is 17.3 Å². The number of benzene rings is 2. The van der Waals surface area contributed by atoms with Crippen molar-refractivity contribution in [3.05, 3.63) is 77.5 Å². The summed E-state index contributed by atoms with van der Waals surface area (Å²) in [4.78, 5) is 51.3. The van der Waals surface area contributed by atoms with Crippen molar-refractivity contribution in [3.63, 3.8) is 0 Å². The summed E-state index contributed by atoms with van der Waals surface area (Å²) in [5.41, 5.74) is 0.778. The number of cyclic esters (lactones) is 1. The summed E-state index contributed by atoms with van der Waals surface area (Å²) >= 11 is 0. The first kappa shape index (κ1) is 22.9. The van der Waals surface area contributed by atoms with E-state index in [2.05, 4.69) is 5.32 Å². The molecule has 2 aromatic carbocycles. The molecule has 1 N–H and O–H groups in total. The first-order valence-electron chi connectivity index (χ1n) is 10.3. The fraction of sp³-hybridized carbons (Fsp3) is 0.280. The summed E-state index contributed by atoms with van der Waals surface area (Å²) in [6.07, 6.45) is 0.343. The largest absolute Gasteiger partial charge is 0.467 e. The molecule has 1 heterocycles. The Morgan fingerprint density at radius 3 is 2.16 bits per heavy atom. The summed E-state index contributed by atoms with van der Waals surface area (Å²) in [6.45, 7) is 3.82. The standard InChI is InChI=1S/C25H25NO6/c1-15(2)14-18(24(29)31-3)26-23(28)20(17-12-8-5-9-13-17)22-21(27)19(25(30)32-22)16-10-6-4-7-11-16/h4-13,15,18-19H,14H2,1-3H3,(H,26,28)/t18-,19-/m0/s1. The third kappa shape index (κ3) is 4.94. The van der Waals surface area contributed by atoms with E-state index < -0.39 is 35.6 Å². The molecule has 0 unspecified atom stereocenters. The molecule has 1 aliphatic heterocycles. The maximum Gasteiger partial charge on any atom is 0.328 e. The molecule has 166 valence electrons. The Balaban J connectivity index is 2.04. The van der Waals surface area contributed by atoms with Crippen LogP contribution in [0.3, 0.4) is 0 Å². The third-order valence-corrected chi connectivity index (χ3v) is 5.07. The molecule has 0 aromatic heterocycles. The van der Waals surface area contributed by atoms with Crippen LogP contribution < -0.4 is 5.32 Å². The van der Waals surface area contributed by atoms with Crippen molar-refractivity contribution in [1.29, 1.82) is 0 Å². The predicted octanol–water partition coefficient (Wildman–Crippen LogP) is 3.01. The van der Waals surface area contributed by atoms with Crippen LogP contribution in [0.2, 0.25) is 0 Å². The van der Waals surface area contributed by atoms with Crippen molar-refractivity contribution in [1.82, 2.24) is 5.32 Å². The predicted molar refractivity (Wildman–Crippen MR) is 117 cm³/mol. The number of carbonyl (C=O) groups is 4. The van der Waals surface area contributed by atoms with E-state index in [0.717, 1.165) is 0 Å². The molecule has 2 aromatic rings. The molecule has 0 aliphatic carbocycles. The van der Waals surface area contributed by atoms with Crippen LogP contribution in [0.4, 0.5) is 0 Å². The molecule has 3 rings (SSSR count). The number of hydrogen-bond acceptors (Lipinski definition) is 6. The summed E-state index contributed by atoms with van der Waals surface area (Å²) in [5, 5.41) is 2.65. The lowest BCUT2D eigenvalue weighted by molar-refractivity contribution is -0.145. The first-order valence-corrected chi connectivity index (χ1v) is 10.3. The number of methoxy groups -OCH3 is 1. The van der Waals surface area contributed by atoms with Gasteiger partial charge in [-0.2, -0.15) is 0 Å². The van der Waals surface area contributed by atoms with Crippen molar-refractivity contribution in [2.45, 2.75) is 32.2 Å². The van der Waals surface area contributed by atoms with Gasteiger partial charge in [0.2, 0.25) is 5.78 Å². The molecular weight excluding hydrogens is 410 g/mol. The highest BCUT2D eigenvalue weighted by molar-refractivity contribution is 6.30. The van der Waals surface area contributed by atoms with Crippen molar-refractivity contribution >= 4 is 29.2 Å². The second-order valence-electron chi connectivity index (χ2n) is 7.88. The molecule has 0 bridgehead atoms. The number of ether oxygens (including phenoxy) is 2. The van der Waals surface area contributed by atoms with Gasteiger partial charge in [-0.3, -0.25) is 14.4 Å². The summed E-state index contributed by atoms with van der Waals surface area (Å²) in [6, 6.07) is 16.0. The molecule has 1 amide bonds. The van der Waals surface area contributed by atoms with Crippen molar-refractivity contribution in [2.24, 2.45) is 5.92 Å². The monoisotopic (exact) mass is 435 g/mol. The van der Waals surface area contributed by atoms with Gasteiger partial charge in [-0.25, -0.2) is 4.79 Å². The van der Waals surface area contributed by atoms with Gasteiger partial charge >= 0.3 is 11.9 Å². The van der Waals surface area contributed by atoms with Crippen molar-refractivity contribution < 1.29 is 28.7 Å². The molecular formula is C25H25NO6. The molecule has 1 fully saturated rings. The summed E-state index contributed by atoms with van der Waals surface area (Å²) < 4.78 is 10.2. The molecule has 1 aliphatic rings. The number of rotatable bonds is 7. The highest BCUT2D eigenvalue weighted by Crippen LogP contribution is 2.34. The molecule has 7 nitrogen and oxygen atoms in total. The Hall–Kier alpha value is -3.74. The lowest BCUT2D eigenvalue weighted by atomic mass is 9.93. The van der Waals surface area contributed by atoms with Crippen LogP contribution in [0.15, 0.2) is 66.4 Å². The second-order valence-corrected chi connectivity index (χ2v) is 7.88. The molecule has 0 radical (unpaired) electrons. The topological polar surface area (TPSA) is 98.8 Å². The number of esters is 2. The number of hydrogen-bond donors (Lipinski definition) is 1. The van der Waals surface area contributed by atoms with Gasteiger partial charge in [0.05, 0.1) is 12.7 Å². The fourth-order valence-corrected chi connectivity index (χ4v) is 3.58. The highest BCUT2D eigenvalue weighted by atomic mass is 16.6. The van der Waals surface area contributed by atoms with Gasteiger partial charge in [-0.15, -0.1) is 0 Å². The van der Waals surface area contributed by atoms with E-state index in [1.807, 2.05) is 13.8 Å². The van der Waals surface area contributed by atoms with Crippen LogP contribution in [-0.2, 0) is 28.7 Å². The molecule has 0 spiro atoms. The number of ketones is 1.